The summed E-state index contributed by atoms with van der Waals surface area (Å²) >= 11 is 0. The minimum Gasteiger partial charge on any atom is -0.305 e. The van der Waals surface area contributed by atoms with E-state index in [1.165, 1.54) is 31.5 Å². The van der Waals surface area contributed by atoms with Crippen molar-refractivity contribution in [3.05, 3.63) is 35.9 Å². The van der Waals surface area contributed by atoms with E-state index in [4.69, 9.17) is 0 Å². The summed E-state index contributed by atoms with van der Waals surface area (Å²) in [4.78, 5) is 5.22. The summed E-state index contributed by atoms with van der Waals surface area (Å²) in [7, 11) is 2.26. The van der Waals surface area contributed by atoms with Gasteiger partial charge in [-0.2, -0.15) is 0 Å². The predicted octanol–water partition coefficient (Wildman–Crippen LogP) is 2.29. The Kier molecular flexibility index (Phi) is 4.34. The predicted molar refractivity (Wildman–Crippen MR) is 88.5 cm³/mol. The fraction of sp³-hybridized carbons (Fsp3) is 0.667. The van der Waals surface area contributed by atoms with E-state index in [-0.39, 0.29) is 5.54 Å². The summed E-state index contributed by atoms with van der Waals surface area (Å²) < 4.78 is 0. The Bertz CT molecular complexity index is 461. The summed E-state index contributed by atoms with van der Waals surface area (Å²) in [6, 6.07) is 12.4. The number of nitrogens with zero attached hydrogens (tertiary/aromatic N) is 2. The van der Waals surface area contributed by atoms with Crippen LogP contribution in [0.2, 0.25) is 0 Å². The van der Waals surface area contributed by atoms with Crippen LogP contribution in [0.5, 0.6) is 0 Å². The summed E-state index contributed by atoms with van der Waals surface area (Å²) in [6.07, 6.45) is 2.62. The van der Waals surface area contributed by atoms with Crippen molar-refractivity contribution in [2.24, 2.45) is 0 Å². The molecule has 0 spiro atoms. The lowest BCUT2D eigenvalue weighted by Crippen LogP contribution is -2.60. The first-order valence-electron chi connectivity index (χ1n) is 8.33. The van der Waals surface area contributed by atoms with Crippen LogP contribution in [0.4, 0.5) is 0 Å². The number of piperazine rings is 1. The topological polar surface area (TPSA) is 18.5 Å². The van der Waals surface area contributed by atoms with Crippen molar-refractivity contribution in [2.75, 3.05) is 33.2 Å². The fourth-order valence-corrected chi connectivity index (χ4v) is 3.92. The Morgan fingerprint density at radius 2 is 1.95 bits per heavy atom. The van der Waals surface area contributed by atoms with Crippen LogP contribution < -0.4 is 5.32 Å². The number of piperidine rings is 1. The highest BCUT2D eigenvalue weighted by Gasteiger charge is 2.36. The lowest BCUT2D eigenvalue weighted by molar-refractivity contribution is 0.0459. The van der Waals surface area contributed by atoms with Gasteiger partial charge >= 0.3 is 0 Å². The van der Waals surface area contributed by atoms with Crippen molar-refractivity contribution in [2.45, 2.75) is 44.3 Å². The van der Waals surface area contributed by atoms with E-state index in [0.29, 0.717) is 6.04 Å². The van der Waals surface area contributed by atoms with Gasteiger partial charge in [-0.25, -0.2) is 0 Å². The van der Waals surface area contributed by atoms with Gasteiger partial charge in [-0.1, -0.05) is 30.3 Å². The zero-order chi connectivity index (χ0) is 14.9. The molecule has 0 bridgehead atoms. The minimum absolute atomic E-state index is 0.0894. The van der Waals surface area contributed by atoms with E-state index in [0.717, 1.165) is 19.1 Å². The highest BCUT2D eigenvalue weighted by atomic mass is 15.3. The van der Waals surface area contributed by atoms with Gasteiger partial charge in [-0.05, 0) is 45.8 Å². The first-order valence-corrected chi connectivity index (χ1v) is 8.33. The molecule has 1 aromatic rings. The third-order valence-electron chi connectivity index (χ3n) is 5.54. The molecule has 116 valence electrons. The Labute approximate surface area is 129 Å². The van der Waals surface area contributed by atoms with Crippen molar-refractivity contribution in [3.63, 3.8) is 0 Å². The summed E-state index contributed by atoms with van der Waals surface area (Å²) in [5, 5.41) is 3.75. The number of rotatable bonds is 2. The highest BCUT2D eigenvalue weighted by molar-refractivity contribution is 5.25. The molecule has 2 saturated heterocycles. The second kappa shape index (κ2) is 6.07. The van der Waals surface area contributed by atoms with Gasteiger partial charge in [0.05, 0.1) is 5.54 Å². The van der Waals surface area contributed by atoms with Gasteiger partial charge in [0, 0.05) is 31.7 Å². The second-order valence-corrected chi connectivity index (χ2v) is 7.10. The molecule has 2 aliphatic rings. The monoisotopic (exact) mass is 287 g/mol. The van der Waals surface area contributed by atoms with E-state index < -0.39 is 0 Å². The first kappa shape index (κ1) is 15.0. The number of likely N-dealkylation sites (tertiary alicyclic amines) is 1. The van der Waals surface area contributed by atoms with Crippen molar-refractivity contribution in [1.29, 1.82) is 0 Å². The normalized spacial score (nSPS) is 35.8. The van der Waals surface area contributed by atoms with Crippen LogP contribution in [0, 0.1) is 0 Å². The quantitative estimate of drug-likeness (QED) is 0.900. The lowest BCUT2D eigenvalue weighted by Gasteiger charge is -2.48. The van der Waals surface area contributed by atoms with Gasteiger partial charge in [-0.3, -0.25) is 4.90 Å². The maximum Gasteiger partial charge on any atom is 0.0535 e. The number of nitrogens with one attached hydrogen (secondary N) is 1. The molecule has 0 saturated carbocycles. The van der Waals surface area contributed by atoms with Crippen LogP contribution in [0.15, 0.2) is 30.3 Å². The number of benzene rings is 1. The SMILES string of the molecule is CC1CC(N2CCNC(C)(c3ccccc3)C2)CCN1C. The molecule has 3 unspecified atom stereocenters. The largest absolute Gasteiger partial charge is 0.305 e. The molecule has 3 heteroatoms. The van der Waals surface area contributed by atoms with E-state index in [9.17, 15) is 0 Å². The van der Waals surface area contributed by atoms with Gasteiger partial charge in [0.25, 0.3) is 0 Å². The van der Waals surface area contributed by atoms with Crippen molar-refractivity contribution < 1.29 is 0 Å². The molecule has 3 nitrogen and oxygen atoms in total. The zero-order valence-electron chi connectivity index (χ0n) is 13.7. The molecule has 2 heterocycles. The minimum atomic E-state index is 0.0894. The van der Waals surface area contributed by atoms with E-state index in [1.54, 1.807) is 0 Å². The van der Waals surface area contributed by atoms with Gasteiger partial charge in [-0.15, -0.1) is 0 Å². The molecule has 0 aliphatic carbocycles. The molecule has 0 aromatic heterocycles. The second-order valence-electron chi connectivity index (χ2n) is 7.10. The average molecular weight is 287 g/mol. The van der Waals surface area contributed by atoms with Crippen molar-refractivity contribution >= 4 is 0 Å². The van der Waals surface area contributed by atoms with Gasteiger partial charge < -0.3 is 10.2 Å². The molecule has 3 rings (SSSR count). The Morgan fingerprint density at radius 1 is 1.19 bits per heavy atom. The van der Waals surface area contributed by atoms with Crippen LogP contribution in [-0.2, 0) is 5.54 Å². The zero-order valence-corrected chi connectivity index (χ0v) is 13.7. The number of hydrogen-bond donors (Lipinski definition) is 1. The van der Waals surface area contributed by atoms with Crippen LogP contribution >= 0.6 is 0 Å². The molecule has 1 N–H and O–H groups in total. The van der Waals surface area contributed by atoms with Gasteiger partial charge in [0.15, 0.2) is 0 Å². The highest BCUT2D eigenvalue weighted by Crippen LogP contribution is 2.28. The molecular formula is C18H29N3. The van der Waals surface area contributed by atoms with Crippen LogP contribution in [0.1, 0.15) is 32.3 Å². The Hall–Kier alpha value is -0.900. The fourth-order valence-electron chi connectivity index (χ4n) is 3.92. The van der Waals surface area contributed by atoms with Crippen LogP contribution in [-0.4, -0.2) is 55.1 Å². The standard InChI is InChI=1S/C18H29N3/c1-15-13-17(9-11-20(15)3)21-12-10-19-18(2,14-21)16-7-5-4-6-8-16/h4-8,15,17,19H,9-14H2,1-3H3. The molecule has 3 atom stereocenters. The van der Waals surface area contributed by atoms with Gasteiger partial charge in [0.1, 0.15) is 0 Å². The van der Waals surface area contributed by atoms with Gasteiger partial charge in [0.2, 0.25) is 0 Å². The maximum atomic E-state index is 3.75. The summed E-state index contributed by atoms with van der Waals surface area (Å²) in [6.45, 7) is 9.35. The van der Waals surface area contributed by atoms with E-state index in [2.05, 4.69) is 66.3 Å². The molecule has 21 heavy (non-hydrogen) atoms. The Morgan fingerprint density at radius 3 is 2.67 bits per heavy atom. The number of hydrogen-bond acceptors (Lipinski definition) is 3. The molecule has 2 aliphatic heterocycles. The molecule has 0 radical (unpaired) electrons. The smallest absolute Gasteiger partial charge is 0.0535 e. The van der Waals surface area contributed by atoms with Crippen molar-refractivity contribution in [3.8, 4) is 0 Å². The van der Waals surface area contributed by atoms with E-state index in [1.807, 2.05) is 0 Å². The molecule has 2 fully saturated rings. The van der Waals surface area contributed by atoms with E-state index >= 15 is 0 Å². The van der Waals surface area contributed by atoms with Crippen LogP contribution in [0.3, 0.4) is 0 Å². The molecule has 0 amide bonds. The third kappa shape index (κ3) is 3.15. The molecular weight excluding hydrogens is 258 g/mol. The summed E-state index contributed by atoms with van der Waals surface area (Å²) in [5.74, 6) is 0. The average Bonchev–Trinajstić information content (AvgIpc) is 2.51. The first-order chi connectivity index (χ1) is 10.1. The summed E-state index contributed by atoms with van der Waals surface area (Å²) in [5.41, 5.74) is 1.50. The lowest BCUT2D eigenvalue weighted by atomic mass is 9.87. The third-order valence-corrected chi connectivity index (χ3v) is 5.54. The maximum absolute atomic E-state index is 3.75. The van der Waals surface area contributed by atoms with Crippen LogP contribution in [0.25, 0.3) is 0 Å². The Balaban J connectivity index is 1.71. The molecule has 1 aromatic carbocycles. The van der Waals surface area contributed by atoms with Crippen molar-refractivity contribution in [1.82, 2.24) is 15.1 Å².